The molecule has 0 saturated carbocycles. The van der Waals surface area contributed by atoms with E-state index < -0.39 is 5.92 Å². The first kappa shape index (κ1) is 16.2. The fourth-order valence-corrected chi connectivity index (χ4v) is 3.42. The Bertz CT molecular complexity index is 920. The molecule has 0 spiro atoms. The Morgan fingerprint density at radius 1 is 1.19 bits per heavy atom. The first-order valence-corrected chi connectivity index (χ1v) is 8.66. The van der Waals surface area contributed by atoms with Gasteiger partial charge in [-0.25, -0.2) is 15.0 Å². The molecule has 0 aliphatic carbocycles. The maximum Gasteiger partial charge on any atom is 0.225 e. The van der Waals surface area contributed by atoms with Crippen molar-refractivity contribution < 1.29 is 4.79 Å². The highest BCUT2D eigenvalue weighted by Crippen LogP contribution is 2.27. The van der Waals surface area contributed by atoms with Crippen LogP contribution in [0.15, 0.2) is 42.7 Å². The standard InChI is InChI=1S/C19H18N6O/c20-12-14(18-23-15-4-1-2-5-16(15)24-18)17(26)13-6-10-25(11-7-13)19-21-8-3-9-22-19/h1-5,8-9,13-14H,6-7,10-11H2,(H,23,24). The van der Waals surface area contributed by atoms with E-state index in [9.17, 15) is 10.1 Å². The van der Waals surface area contributed by atoms with E-state index >= 15 is 0 Å². The minimum absolute atomic E-state index is 0.0554. The molecule has 7 heteroatoms. The second-order valence-electron chi connectivity index (χ2n) is 6.41. The summed E-state index contributed by atoms with van der Waals surface area (Å²) >= 11 is 0. The number of aromatic amines is 1. The lowest BCUT2D eigenvalue weighted by Gasteiger charge is -2.31. The van der Waals surface area contributed by atoms with E-state index in [1.165, 1.54) is 0 Å². The van der Waals surface area contributed by atoms with Crippen molar-refractivity contribution in [3.63, 3.8) is 0 Å². The first-order valence-electron chi connectivity index (χ1n) is 8.66. The molecule has 1 N–H and O–H groups in total. The van der Waals surface area contributed by atoms with Gasteiger partial charge in [-0.2, -0.15) is 5.26 Å². The molecule has 3 aromatic rings. The molecule has 7 nitrogen and oxygen atoms in total. The molecule has 2 aromatic heterocycles. The molecule has 1 unspecified atom stereocenters. The number of anilines is 1. The summed E-state index contributed by atoms with van der Waals surface area (Å²) < 4.78 is 0. The summed E-state index contributed by atoms with van der Waals surface area (Å²) in [7, 11) is 0. The van der Waals surface area contributed by atoms with Gasteiger partial charge < -0.3 is 9.88 Å². The maximum absolute atomic E-state index is 12.9. The van der Waals surface area contributed by atoms with Gasteiger partial charge in [-0.15, -0.1) is 0 Å². The summed E-state index contributed by atoms with van der Waals surface area (Å²) in [5.41, 5.74) is 1.61. The third-order valence-corrected chi connectivity index (χ3v) is 4.83. The van der Waals surface area contributed by atoms with Crippen molar-refractivity contribution >= 4 is 22.8 Å². The van der Waals surface area contributed by atoms with Crippen LogP contribution in [0.3, 0.4) is 0 Å². The highest BCUT2D eigenvalue weighted by atomic mass is 16.1. The summed E-state index contributed by atoms with van der Waals surface area (Å²) in [4.78, 5) is 31.1. The zero-order chi connectivity index (χ0) is 17.9. The number of hydrogen-bond donors (Lipinski definition) is 1. The van der Waals surface area contributed by atoms with Gasteiger partial charge in [-0.3, -0.25) is 4.79 Å². The molecule has 130 valence electrons. The van der Waals surface area contributed by atoms with Crippen LogP contribution in [0.4, 0.5) is 5.95 Å². The van der Waals surface area contributed by atoms with Crippen molar-refractivity contribution in [2.75, 3.05) is 18.0 Å². The van der Waals surface area contributed by atoms with Gasteiger partial charge in [0.2, 0.25) is 5.95 Å². The average molecular weight is 346 g/mol. The molecule has 1 saturated heterocycles. The number of fused-ring (bicyclic) bond motifs is 1. The first-order chi connectivity index (χ1) is 12.8. The van der Waals surface area contributed by atoms with Crippen LogP contribution < -0.4 is 4.90 Å². The monoisotopic (exact) mass is 346 g/mol. The number of benzene rings is 1. The number of rotatable bonds is 4. The quantitative estimate of drug-likeness (QED) is 0.779. The highest BCUT2D eigenvalue weighted by molar-refractivity contribution is 5.90. The maximum atomic E-state index is 12.9. The molecule has 1 aromatic carbocycles. The second kappa shape index (κ2) is 6.92. The molecule has 4 rings (SSSR count). The van der Waals surface area contributed by atoms with E-state index in [4.69, 9.17) is 0 Å². The largest absolute Gasteiger partial charge is 0.341 e. The minimum Gasteiger partial charge on any atom is -0.341 e. The lowest BCUT2D eigenvalue weighted by molar-refractivity contribution is -0.123. The van der Waals surface area contributed by atoms with Crippen LogP contribution in [0.1, 0.15) is 24.6 Å². The lowest BCUT2D eigenvalue weighted by Crippen LogP contribution is -2.38. The number of H-pyrrole nitrogens is 1. The van der Waals surface area contributed by atoms with Gasteiger partial charge in [0.15, 0.2) is 11.7 Å². The molecule has 0 radical (unpaired) electrons. The van der Waals surface area contributed by atoms with Gasteiger partial charge in [0, 0.05) is 31.4 Å². The average Bonchev–Trinajstić information content (AvgIpc) is 3.13. The van der Waals surface area contributed by atoms with Gasteiger partial charge in [-0.05, 0) is 31.0 Å². The van der Waals surface area contributed by atoms with Crippen molar-refractivity contribution in [3.8, 4) is 6.07 Å². The van der Waals surface area contributed by atoms with Crippen LogP contribution >= 0.6 is 0 Å². The van der Waals surface area contributed by atoms with Crippen molar-refractivity contribution in [1.29, 1.82) is 5.26 Å². The molecule has 0 amide bonds. The number of hydrogen-bond acceptors (Lipinski definition) is 6. The van der Waals surface area contributed by atoms with Crippen molar-refractivity contribution in [1.82, 2.24) is 19.9 Å². The number of ketones is 1. The highest BCUT2D eigenvalue weighted by Gasteiger charge is 2.33. The lowest BCUT2D eigenvalue weighted by atomic mass is 9.86. The molecule has 26 heavy (non-hydrogen) atoms. The predicted molar refractivity (Wildman–Crippen MR) is 96.4 cm³/mol. The topological polar surface area (TPSA) is 98.6 Å². The fraction of sp³-hybridized carbons (Fsp3) is 0.316. The van der Waals surface area contributed by atoms with E-state index in [-0.39, 0.29) is 11.7 Å². The van der Waals surface area contributed by atoms with E-state index in [0.29, 0.717) is 37.7 Å². The van der Waals surface area contributed by atoms with Crippen molar-refractivity contribution in [2.45, 2.75) is 18.8 Å². The van der Waals surface area contributed by atoms with Crippen LogP contribution in [0.2, 0.25) is 0 Å². The number of nitriles is 1. The Labute approximate surface area is 150 Å². The summed E-state index contributed by atoms with van der Waals surface area (Å²) in [6.07, 6.45) is 4.81. The van der Waals surface area contributed by atoms with E-state index in [1.807, 2.05) is 24.3 Å². The molecule has 1 aliphatic rings. The van der Waals surface area contributed by atoms with Gasteiger partial charge in [0.25, 0.3) is 0 Å². The Hall–Kier alpha value is -3.27. The third-order valence-electron chi connectivity index (χ3n) is 4.83. The number of Topliss-reactive ketones (excluding diaryl/α,β-unsaturated/α-hetero) is 1. The number of carbonyl (C=O) groups excluding carboxylic acids is 1. The predicted octanol–water partition coefficient (Wildman–Crippen LogP) is 2.45. The minimum atomic E-state index is -0.855. The number of nitrogens with zero attached hydrogens (tertiary/aromatic N) is 5. The van der Waals surface area contributed by atoms with Gasteiger partial charge >= 0.3 is 0 Å². The smallest absolute Gasteiger partial charge is 0.225 e. The van der Waals surface area contributed by atoms with Crippen molar-refractivity contribution in [3.05, 3.63) is 48.5 Å². The molecular weight excluding hydrogens is 328 g/mol. The van der Waals surface area contributed by atoms with Gasteiger partial charge in [0.05, 0.1) is 17.1 Å². The number of carbonyl (C=O) groups is 1. The van der Waals surface area contributed by atoms with Crippen LogP contribution in [-0.4, -0.2) is 38.8 Å². The zero-order valence-corrected chi connectivity index (χ0v) is 14.2. The number of nitrogens with one attached hydrogen (secondary N) is 1. The second-order valence-corrected chi connectivity index (χ2v) is 6.41. The molecule has 1 atom stereocenters. The number of aromatic nitrogens is 4. The van der Waals surface area contributed by atoms with E-state index in [1.54, 1.807) is 18.5 Å². The summed E-state index contributed by atoms with van der Waals surface area (Å²) in [5.74, 6) is 0.0694. The van der Waals surface area contributed by atoms with E-state index in [2.05, 4.69) is 30.9 Å². The summed E-state index contributed by atoms with van der Waals surface area (Å²) in [5, 5.41) is 9.57. The summed E-state index contributed by atoms with van der Waals surface area (Å²) in [6, 6.07) is 11.5. The normalized spacial score (nSPS) is 16.3. The molecule has 1 fully saturated rings. The Kier molecular flexibility index (Phi) is 4.32. The number of para-hydroxylation sites is 2. The number of piperidine rings is 1. The molecule has 1 aliphatic heterocycles. The fourth-order valence-electron chi connectivity index (χ4n) is 3.42. The summed E-state index contributed by atoms with van der Waals surface area (Å²) in [6.45, 7) is 1.41. The Morgan fingerprint density at radius 2 is 1.92 bits per heavy atom. The van der Waals surface area contributed by atoms with Crippen molar-refractivity contribution in [2.24, 2.45) is 5.92 Å². The third kappa shape index (κ3) is 3.02. The molecular formula is C19H18N6O. The van der Waals surface area contributed by atoms with Gasteiger partial charge in [0.1, 0.15) is 5.82 Å². The van der Waals surface area contributed by atoms with E-state index in [0.717, 1.165) is 11.0 Å². The van der Waals surface area contributed by atoms with Gasteiger partial charge in [-0.1, -0.05) is 12.1 Å². The van der Waals surface area contributed by atoms with Crippen LogP contribution in [-0.2, 0) is 4.79 Å². The molecule has 0 bridgehead atoms. The Balaban J connectivity index is 1.47. The Morgan fingerprint density at radius 3 is 2.62 bits per heavy atom. The molecule has 3 heterocycles. The van der Waals surface area contributed by atoms with Crippen LogP contribution in [0, 0.1) is 17.2 Å². The SMILES string of the molecule is N#CC(C(=O)C1CCN(c2ncccn2)CC1)c1nc2ccccc2[nH]1. The zero-order valence-electron chi connectivity index (χ0n) is 14.2. The number of imidazole rings is 1. The van der Waals surface area contributed by atoms with Crippen LogP contribution in [0.5, 0.6) is 0 Å². The van der Waals surface area contributed by atoms with Crippen LogP contribution in [0.25, 0.3) is 11.0 Å².